The highest BCUT2D eigenvalue weighted by atomic mass is 16.5. The topological polar surface area (TPSA) is 52.7 Å². The van der Waals surface area contributed by atoms with Crippen molar-refractivity contribution in [1.82, 2.24) is 10.1 Å². The average Bonchev–Trinajstić information content (AvgIpc) is 2.94. The molecule has 1 aromatic carbocycles. The van der Waals surface area contributed by atoms with Crippen LogP contribution in [0.2, 0.25) is 0 Å². The van der Waals surface area contributed by atoms with Gasteiger partial charge in [0.25, 0.3) is 0 Å². The van der Waals surface area contributed by atoms with Crippen molar-refractivity contribution in [3.8, 4) is 5.75 Å². The van der Waals surface area contributed by atoms with Crippen molar-refractivity contribution in [3.63, 3.8) is 0 Å². The van der Waals surface area contributed by atoms with Crippen molar-refractivity contribution in [3.05, 3.63) is 42.3 Å². The zero-order valence-electron chi connectivity index (χ0n) is 10.7. The van der Waals surface area contributed by atoms with E-state index in [2.05, 4.69) is 15.0 Å². The molecule has 0 amide bonds. The minimum Gasteiger partial charge on any atom is -0.508 e. The molecule has 1 N–H and O–H groups in total. The molecule has 0 spiro atoms. The molecule has 0 bridgehead atoms. The minimum absolute atomic E-state index is 0.313. The maximum absolute atomic E-state index is 9.30. The number of hydrogen-bond acceptors (Lipinski definition) is 5. The molecule has 1 saturated heterocycles. The highest BCUT2D eigenvalue weighted by molar-refractivity contribution is 5.49. The number of aromatic nitrogens is 1. The SMILES string of the molecule is Oc1ccc(N2CCN(Cc3ccno3)CC2)cc1. The van der Waals surface area contributed by atoms with Gasteiger partial charge in [0, 0.05) is 37.9 Å². The van der Waals surface area contributed by atoms with Crippen LogP contribution in [0.3, 0.4) is 0 Å². The molecule has 0 aliphatic carbocycles. The molecule has 1 fully saturated rings. The zero-order chi connectivity index (χ0) is 13.1. The molecular weight excluding hydrogens is 242 g/mol. The second kappa shape index (κ2) is 5.32. The first-order valence-electron chi connectivity index (χ1n) is 6.47. The molecule has 0 saturated carbocycles. The maximum Gasteiger partial charge on any atom is 0.150 e. The Kier molecular flexibility index (Phi) is 3.37. The number of hydrogen-bond donors (Lipinski definition) is 1. The van der Waals surface area contributed by atoms with E-state index in [4.69, 9.17) is 4.52 Å². The quantitative estimate of drug-likeness (QED) is 0.909. The van der Waals surface area contributed by atoms with Crippen LogP contribution in [0.25, 0.3) is 0 Å². The molecule has 2 heterocycles. The first kappa shape index (κ1) is 12.0. The van der Waals surface area contributed by atoms with Gasteiger partial charge in [0.2, 0.25) is 0 Å². The van der Waals surface area contributed by atoms with Gasteiger partial charge in [-0.3, -0.25) is 4.90 Å². The van der Waals surface area contributed by atoms with Crippen molar-refractivity contribution < 1.29 is 9.63 Å². The third kappa shape index (κ3) is 2.88. The van der Waals surface area contributed by atoms with E-state index in [1.54, 1.807) is 18.3 Å². The van der Waals surface area contributed by atoms with Crippen molar-refractivity contribution in [2.24, 2.45) is 0 Å². The summed E-state index contributed by atoms with van der Waals surface area (Å²) in [6.45, 7) is 4.80. The fraction of sp³-hybridized carbons (Fsp3) is 0.357. The molecule has 5 heteroatoms. The molecule has 3 rings (SSSR count). The van der Waals surface area contributed by atoms with E-state index in [-0.39, 0.29) is 0 Å². The van der Waals surface area contributed by atoms with Gasteiger partial charge in [-0.15, -0.1) is 0 Å². The average molecular weight is 259 g/mol. The van der Waals surface area contributed by atoms with Crippen LogP contribution >= 0.6 is 0 Å². The predicted molar refractivity (Wildman–Crippen MR) is 72.1 cm³/mol. The van der Waals surface area contributed by atoms with Gasteiger partial charge >= 0.3 is 0 Å². The van der Waals surface area contributed by atoms with Gasteiger partial charge in [0.15, 0.2) is 5.76 Å². The summed E-state index contributed by atoms with van der Waals surface area (Å²) in [5, 5.41) is 13.0. The summed E-state index contributed by atoms with van der Waals surface area (Å²) in [7, 11) is 0. The Labute approximate surface area is 112 Å². The number of phenols is 1. The van der Waals surface area contributed by atoms with E-state index in [0.717, 1.165) is 44.2 Å². The number of benzene rings is 1. The predicted octanol–water partition coefficient (Wildman–Crippen LogP) is 1.70. The first-order valence-corrected chi connectivity index (χ1v) is 6.47. The Morgan fingerprint density at radius 3 is 2.42 bits per heavy atom. The Morgan fingerprint density at radius 2 is 1.79 bits per heavy atom. The smallest absolute Gasteiger partial charge is 0.150 e. The van der Waals surface area contributed by atoms with E-state index in [0.29, 0.717) is 5.75 Å². The van der Waals surface area contributed by atoms with Crippen molar-refractivity contribution in [2.45, 2.75) is 6.54 Å². The summed E-state index contributed by atoms with van der Waals surface area (Å²) >= 11 is 0. The summed E-state index contributed by atoms with van der Waals surface area (Å²) in [6, 6.07) is 9.29. The number of nitrogens with zero attached hydrogens (tertiary/aromatic N) is 3. The van der Waals surface area contributed by atoms with Crippen LogP contribution in [0.1, 0.15) is 5.76 Å². The largest absolute Gasteiger partial charge is 0.508 e. The van der Waals surface area contributed by atoms with Gasteiger partial charge in [0.1, 0.15) is 5.75 Å². The van der Waals surface area contributed by atoms with Crippen molar-refractivity contribution in [1.29, 1.82) is 0 Å². The zero-order valence-corrected chi connectivity index (χ0v) is 10.7. The van der Waals surface area contributed by atoms with E-state index in [1.807, 2.05) is 18.2 Å². The Hall–Kier alpha value is -2.01. The maximum atomic E-state index is 9.30. The molecule has 1 aliphatic rings. The van der Waals surface area contributed by atoms with Crippen LogP contribution in [0.15, 0.2) is 41.1 Å². The van der Waals surface area contributed by atoms with Crippen LogP contribution in [0.5, 0.6) is 5.75 Å². The number of anilines is 1. The second-order valence-corrected chi connectivity index (χ2v) is 4.76. The molecule has 19 heavy (non-hydrogen) atoms. The van der Waals surface area contributed by atoms with Crippen molar-refractivity contribution >= 4 is 5.69 Å². The summed E-state index contributed by atoms with van der Waals surface area (Å²) < 4.78 is 5.13. The summed E-state index contributed by atoms with van der Waals surface area (Å²) in [5.41, 5.74) is 1.16. The molecule has 5 nitrogen and oxygen atoms in total. The van der Waals surface area contributed by atoms with Crippen molar-refractivity contribution in [2.75, 3.05) is 31.1 Å². The fourth-order valence-corrected chi connectivity index (χ4v) is 2.37. The van der Waals surface area contributed by atoms with Crippen LogP contribution in [-0.4, -0.2) is 41.3 Å². The van der Waals surface area contributed by atoms with Crippen LogP contribution in [0, 0.1) is 0 Å². The highest BCUT2D eigenvalue weighted by Crippen LogP contribution is 2.20. The molecule has 2 aromatic rings. The van der Waals surface area contributed by atoms with Gasteiger partial charge in [0.05, 0.1) is 12.7 Å². The summed E-state index contributed by atoms with van der Waals surface area (Å²) in [4.78, 5) is 4.69. The van der Waals surface area contributed by atoms with Crippen LogP contribution in [0.4, 0.5) is 5.69 Å². The number of phenolic OH excluding ortho intramolecular Hbond substituents is 1. The summed E-state index contributed by atoms with van der Waals surface area (Å²) in [6.07, 6.45) is 1.68. The number of piperazine rings is 1. The monoisotopic (exact) mass is 259 g/mol. The Morgan fingerprint density at radius 1 is 1.05 bits per heavy atom. The van der Waals surface area contributed by atoms with Crippen LogP contribution in [-0.2, 0) is 6.54 Å². The van der Waals surface area contributed by atoms with Gasteiger partial charge in [-0.1, -0.05) is 5.16 Å². The second-order valence-electron chi connectivity index (χ2n) is 4.76. The number of aromatic hydroxyl groups is 1. The standard InChI is InChI=1S/C14H17N3O2/c18-13-3-1-12(2-4-13)17-9-7-16(8-10-17)11-14-5-6-15-19-14/h1-6,18H,7-11H2. The first-order chi connectivity index (χ1) is 9.31. The molecule has 0 atom stereocenters. The minimum atomic E-state index is 0.313. The Bertz CT molecular complexity index is 502. The highest BCUT2D eigenvalue weighted by Gasteiger charge is 2.18. The van der Waals surface area contributed by atoms with E-state index < -0.39 is 0 Å². The van der Waals surface area contributed by atoms with Gasteiger partial charge in [-0.25, -0.2) is 0 Å². The van der Waals surface area contributed by atoms with Gasteiger partial charge in [-0.05, 0) is 24.3 Å². The number of rotatable bonds is 3. The molecular formula is C14H17N3O2. The third-order valence-electron chi connectivity index (χ3n) is 3.46. The van der Waals surface area contributed by atoms with E-state index in [9.17, 15) is 5.11 Å². The third-order valence-corrected chi connectivity index (χ3v) is 3.46. The molecule has 0 radical (unpaired) electrons. The van der Waals surface area contributed by atoms with E-state index >= 15 is 0 Å². The fourth-order valence-electron chi connectivity index (χ4n) is 2.37. The van der Waals surface area contributed by atoms with Gasteiger partial charge in [-0.2, -0.15) is 0 Å². The Balaban J connectivity index is 1.56. The molecule has 1 aliphatic heterocycles. The molecule has 1 aromatic heterocycles. The lowest BCUT2D eigenvalue weighted by Crippen LogP contribution is -2.45. The van der Waals surface area contributed by atoms with Gasteiger partial charge < -0.3 is 14.5 Å². The lowest BCUT2D eigenvalue weighted by molar-refractivity contribution is 0.219. The lowest BCUT2D eigenvalue weighted by Gasteiger charge is -2.35. The van der Waals surface area contributed by atoms with Crippen LogP contribution < -0.4 is 4.90 Å². The molecule has 100 valence electrons. The summed E-state index contributed by atoms with van der Waals surface area (Å²) in [5.74, 6) is 1.23. The normalized spacial score (nSPS) is 16.7. The molecule has 0 unspecified atom stereocenters. The van der Waals surface area contributed by atoms with E-state index in [1.165, 1.54) is 0 Å². The lowest BCUT2D eigenvalue weighted by atomic mass is 10.2.